The topological polar surface area (TPSA) is 548 Å². The molecule has 6 amide bonds. The van der Waals surface area contributed by atoms with Crippen LogP contribution < -0.4 is 63.1 Å². The summed E-state index contributed by atoms with van der Waals surface area (Å²) in [7, 11) is -10.4. The monoisotopic (exact) mass is 1590 g/mol. The van der Waals surface area contributed by atoms with E-state index in [4.69, 9.17) is 54.3 Å². The summed E-state index contributed by atoms with van der Waals surface area (Å²) < 4.78 is 109. The summed E-state index contributed by atoms with van der Waals surface area (Å²) >= 11 is 2.26. The smallest absolute Gasteiger partial charge is 0.425 e. The van der Waals surface area contributed by atoms with Crippen LogP contribution in [0.25, 0.3) is 12.2 Å². The van der Waals surface area contributed by atoms with Crippen molar-refractivity contribution < 1.29 is 86.4 Å². The second-order valence-electron chi connectivity index (χ2n) is 21.9. The maximum atomic E-state index is 13.7. The predicted octanol–water partition coefficient (Wildman–Crippen LogP) is 9.89. The van der Waals surface area contributed by atoms with E-state index in [1.54, 1.807) is 42.5 Å². The number of azo groups is 2. The van der Waals surface area contributed by atoms with Crippen LogP contribution in [0.2, 0.25) is 0 Å². The zero-order valence-electron chi connectivity index (χ0n) is 58.1. The van der Waals surface area contributed by atoms with Crippen LogP contribution in [0.15, 0.2) is 150 Å². The zero-order valence-corrected chi connectivity index (χ0v) is 63.0. The van der Waals surface area contributed by atoms with E-state index >= 15 is 0 Å². The molecule has 0 saturated carbocycles. The molecule has 0 radical (unpaired) electrons. The number of ether oxygens (including phenoxy) is 2. The molecule has 0 aliphatic carbocycles. The van der Waals surface area contributed by atoms with Gasteiger partial charge >= 0.3 is 10.6 Å². The van der Waals surface area contributed by atoms with Crippen LogP contribution in [0.4, 0.5) is 73.1 Å². The number of primary amides is 3. The molecule has 36 nitrogen and oxygen atoms in total. The van der Waals surface area contributed by atoms with E-state index in [-0.39, 0.29) is 94.2 Å². The van der Waals surface area contributed by atoms with Crippen LogP contribution in [0, 0.1) is 0 Å². The molecule has 0 saturated heterocycles. The number of thioether (sulfide) groups is 1. The first-order valence-corrected chi connectivity index (χ1v) is 37.8. The van der Waals surface area contributed by atoms with Crippen molar-refractivity contribution >= 4 is 198 Å². The highest BCUT2D eigenvalue weighted by molar-refractivity contribution is 7.98. The molecule has 0 bridgehead atoms. The Bertz CT molecular complexity index is 5350. The van der Waals surface area contributed by atoms with Gasteiger partial charge in [0.25, 0.3) is 43.9 Å². The highest BCUT2D eigenvalue weighted by Gasteiger charge is 2.32. The van der Waals surface area contributed by atoms with Gasteiger partial charge in [-0.3, -0.25) is 47.5 Å². The van der Waals surface area contributed by atoms with Crippen molar-refractivity contribution in [2.75, 3.05) is 76.8 Å². The first kappa shape index (κ1) is 83.2. The van der Waals surface area contributed by atoms with Crippen molar-refractivity contribution in [2.24, 2.45) is 37.7 Å². The number of thiophene rings is 2. The number of anilines is 9. The Kier molecular flexibility index (Phi) is 28.7. The molecular formula is C66H67N17O19S6. The number of hydrogen-bond donors (Lipinski definition) is 10. The zero-order chi connectivity index (χ0) is 79.5. The molecule has 3 aromatic heterocycles. The molecule has 8 aromatic rings. The summed E-state index contributed by atoms with van der Waals surface area (Å²) in [6.07, 6.45) is 2.51. The average Bonchev–Trinajstić information content (AvgIpc) is 1.58. The number of aromatic nitrogens is 3. The highest BCUT2D eigenvalue weighted by atomic mass is 32.2. The standard InChI is InChI=1S/C66H67N17O16S5.O3S/c1-9-82(10-2)50-28-46(48(30-52(50)98-7)78-80-62-45(58(68)88)26-41(101-62)25-43(34(5)85)60(90)72-40-20-15-18-38(24-40)70-33-84)73-64-75-65(77-66(76-64)100-32-36-16-13-21-42(22-36)103(92,93)94)74-47-29-51(83(11-3)12-4)53(99-8)31-49(47)79-81-63-55(59(69)89)56(104(95,96)97)54(102-63)27-44(35(6)86)61(91)71-39-19-14-17-37(23-39)57(67)87;1-4(2)3/h13-31,33H,9-12,32H2,1-8H3,(H2,67,87)(H2,68,88)(H2,69,89)(H,70,84)(H,71,91)(H,72,90)(H,92,93,94)(H,95,96,97)(H2,73,74,75,76,77);/b43-25+,44-27-,80-78?,81-79?;. The number of nitrogens with one attached hydrogen (secondary N) is 5. The second-order valence-corrected chi connectivity index (χ2v) is 28.2. The third-order valence-corrected chi connectivity index (χ3v) is 19.7. The molecule has 8 rings (SSSR count). The van der Waals surface area contributed by atoms with Crippen LogP contribution in [-0.4, -0.2) is 141 Å². The SMILES string of the molecule is CCN(CC)c1cc(Nc2nc(Nc3cc(N(CC)CC)c(OC)cc3N=Nc3sc(/C=C(/C(C)=O)C(=O)Nc4cccc(C(N)=O)c4)c(S(=O)(=O)O)c3C(N)=O)nc(SCc3cccc(S(=O)(=O)O)c3)n2)c(N=Nc2sc(/C=C(\C(C)=O)C(=O)Nc3cccc(NC=O)c3)cc2C(N)=O)cc1OC.O=S(=O)=O. The minimum absolute atomic E-state index is 0.00214. The number of benzene rings is 5. The molecule has 0 aliphatic heterocycles. The first-order valence-electron chi connectivity index (χ1n) is 31.3. The first-order chi connectivity index (χ1) is 51.1. The fourth-order valence-electron chi connectivity index (χ4n) is 9.96. The van der Waals surface area contributed by atoms with Crippen LogP contribution in [0.5, 0.6) is 11.5 Å². The van der Waals surface area contributed by atoms with Crippen molar-refractivity contribution in [3.05, 3.63) is 146 Å². The van der Waals surface area contributed by atoms with Gasteiger partial charge in [-0.15, -0.1) is 55.8 Å². The van der Waals surface area contributed by atoms with Crippen LogP contribution in [0.3, 0.4) is 0 Å². The lowest BCUT2D eigenvalue weighted by molar-refractivity contribution is -0.120. The third-order valence-electron chi connectivity index (χ3n) is 14.9. The molecule has 0 spiro atoms. The number of Topliss-reactive ketones (excluding diaryl/α,β-unsaturated/α-hetero) is 2. The predicted molar refractivity (Wildman–Crippen MR) is 405 cm³/mol. The van der Waals surface area contributed by atoms with Crippen molar-refractivity contribution in [2.45, 2.75) is 62.2 Å². The van der Waals surface area contributed by atoms with Crippen LogP contribution in [0.1, 0.15) is 87.9 Å². The van der Waals surface area contributed by atoms with Crippen molar-refractivity contribution in [3.8, 4) is 11.5 Å². The van der Waals surface area contributed by atoms with Crippen molar-refractivity contribution in [3.63, 3.8) is 0 Å². The Labute approximate surface area is 630 Å². The Morgan fingerprint density at radius 1 is 0.602 bits per heavy atom. The molecule has 0 aliphatic rings. The van der Waals surface area contributed by atoms with Crippen molar-refractivity contribution in [1.82, 2.24) is 15.0 Å². The molecular weight excluding hydrogens is 1530 g/mol. The van der Waals surface area contributed by atoms with Gasteiger partial charge in [0.05, 0.1) is 69.0 Å². The summed E-state index contributed by atoms with van der Waals surface area (Å²) in [5.74, 6) is -6.52. The molecule has 0 fully saturated rings. The van der Waals surface area contributed by atoms with Gasteiger partial charge in [-0.05, 0) is 126 Å². The summed E-state index contributed by atoms with van der Waals surface area (Å²) in [4.78, 5) is 119. The lowest BCUT2D eigenvalue weighted by atomic mass is 10.1. The Morgan fingerprint density at radius 3 is 1.57 bits per heavy atom. The lowest BCUT2D eigenvalue weighted by Crippen LogP contribution is -2.22. The molecule has 566 valence electrons. The number of carbonyl (C=O) groups is 8. The van der Waals surface area contributed by atoms with Gasteiger partial charge in [0.2, 0.25) is 24.2 Å². The van der Waals surface area contributed by atoms with E-state index in [9.17, 15) is 64.3 Å². The molecule has 42 heteroatoms. The average molecular weight is 1590 g/mol. The number of carbonyl (C=O) groups excluding carboxylic acids is 8. The van der Waals surface area contributed by atoms with E-state index in [0.717, 1.165) is 36.1 Å². The number of nitrogens with zero attached hydrogens (tertiary/aromatic N) is 9. The fraction of sp³-hybridized carbons (Fsp3) is 0.197. The highest BCUT2D eigenvalue weighted by Crippen LogP contribution is 2.46. The maximum Gasteiger partial charge on any atom is 0.425 e. The number of ketones is 2. The second kappa shape index (κ2) is 37.3. The van der Waals surface area contributed by atoms with Crippen LogP contribution >= 0.6 is 34.4 Å². The van der Waals surface area contributed by atoms with E-state index in [2.05, 4.69) is 47.0 Å². The summed E-state index contributed by atoms with van der Waals surface area (Å²) in [5.41, 5.74) is 17.3. The maximum absolute atomic E-state index is 13.7. The van der Waals surface area contributed by atoms with Crippen LogP contribution in [-0.2, 0) is 60.6 Å². The molecule has 108 heavy (non-hydrogen) atoms. The fourth-order valence-corrected chi connectivity index (χ4v) is 14.5. The number of methoxy groups -OCH3 is 2. The molecule has 13 N–H and O–H groups in total. The summed E-state index contributed by atoms with van der Waals surface area (Å²) in [6.45, 7) is 11.6. The third kappa shape index (κ3) is 22.0. The van der Waals surface area contributed by atoms with Gasteiger partial charge in [-0.25, -0.2) is 0 Å². The van der Waals surface area contributed by atoms with E-state index in [1.807, 2.05) is 37.5 Å². The van der Waals surface area contributed by atoms with Gasteiger partial charge < -0.3 is 63.1 Å². The Balaban J connectivity index is 0.00000396. The molecule has 3 heterocycles. The number of rotatable bonds is 34. The van der Waals surface area contributed by atoms with E-state index < -0.39 is 97.9 Å². The number of hydrogen-bond acceptors (Lipinski definition) is 31. The number of nitrogens with two attached hydrogens (primary N) is 3. The molecule has 5 aromatic carbocycles. The minimum Gasteiger partial charge on any atom is -0.494 e. The largest absolute Gasteiger partial charge is 0.494 e. The van der Waals surface area contributed by atoms with Gasteiger partial charge in [-0.2, -0.15) is 31.8 Å². The summed E-state index contributed by atoms with van der Waals surface area (Å²) in [5, 5.41) is 31.1. The van der Waals surface area contributed by atoms with Gasteiger partial charge in [0, 0.05) is 71.6 Å². The number of amides is 6. The Hall–Kier alpha value is -12.1. The summed E-state index contributed by atoms with van der Waals surface area (Å²) in [6, 6.07) is 24.6. The van der Waals surface area contributed by atoms with E-state index in [1.165, 1.54) is 87.9 Å². The molecule has 0 atom stereocenters. The van der Waals surface area contributed by atoms with Crippen molar-refractivity contribution in [1.29, 1.82) is 0 Å². The van der Waals surface area contributed by atoms with Gasteiger partial charge in [-0.1, -0.05) is 36.0 Å². The normalized spacial score (nSPS) is 11.6. The van der Waals surface area contributed by atoms with E-state index in [0.29, 0.717) is 72.3 Å². The minimum atomic E-state index is -5.44. The van der Waals surface area contributed by atoms with Gasteiger partial charge in [0.15, 0.2) is 26.7 Å². The lowest BCUT2D eigenvalue weighted by Gasteiger charge is -2.25. The Morgan fingerprint density at radius 2 is 1.10 bits per heavy atom. The quantitative estimate of drug-likeness (QED) is 0.00341. The molecule has 0 unspecified atom stereocenters. The van der Waals surface area contributed by atoms with Gasteiger partial charge in [0.1, 0.15) is 27.8 Å².